The number of imide groups is 1. The minimum atomic E-state index is -0.179. The topological polar surface area (TPSA) is 37.4 Å². The fourth-order valence-electron chi connectivity index (χ4n) is 6.36. The van der Waals surface area contributed by atoms with Gasteiger partial charge in [-0.15, -0.1) is 0 Å². The Kier molecular flexibility index (Phi) is 2.84. The van der Waals surface area contributed by atoms with Crippen LogP contribution in [0, 0.1) is 36.0 Å². The number of fused-ring (bicyclic) bond motifs is 3. The lowest BCUT2D eigenvalue weighted by Crippen LogP contribution is -2.35. The third kappa shape index (κ3) is 1.77. The second kappa shape index (κ2) is 4.98. The van der Waals surface area contributed by atoms with Crippen molar-refractivity contribution in [1.29, 1.82) is 0 Å². The van der Waals surface area contributed by atoms with Crippen LogP contribution in [0.1, 0.15) is 23.5 Å². The SMILES string of the molecule is Cc1cccc(N2C(=O)[C@@H]3[C@@H](C2=O)[C@@H]2C=C[C@H]3C23C[C@@H]3c2ccccc2)c1. The van der Waals surface area contributed by atoms with Gasteiger partial charge in [-0.2, -0.15) is 0 Å². The van der Waals surface area contributed by atoms with E-state index in [0.717, 1.165) is 17.7 Å². The van der Waals surface area contributed by atoms with Crippen LogP contribution in [0.25, 0.3) is 0 Å². The molecule has 1 spiro atoms. The molecule has 1 saturated heterocycles. The van der Waals surface area contributed by atoms with Gasteiger partial charge in [-0.05, 0) is 59.8 Å². The lowest BCUT2D eigenvalue weighted by Gasteiger charge is -2.23. The zero-order chi connectivity index (χ0) is 18.3. The fraction of sp³-hybridized carbons (Fsp3) is 0.333. The number of hydrogen-bond donors (Lipinski definition) is 0. The van der Waals surface area contributed by atoms with Gasteiger partial charge < -0.3 is 0 Å². The summed E-state index contributed by atoms with van der Waals surface area (Å²) in [6, 6.07) is 18.3. The second-order valence-electron chi connectivity index (χ2n) is 8.62. The molecule has 2 saturated carbocycles. The Labute approximate surface area is 158 Å². The molecule has 3 nitrogen and oxygen atoms in total. The summed E-state index contributed by atoms with van der Waals surface area (Å²) in [5.74, 6) is 0.523. The molecule has 2 amide bonds. The number of rotatable bonds is 2. The van der Waals surface area contributed by atoms with E-state index in [1.165, 1.54) is 10.5 Å². The predicted octanol–water partition coefficient (Wildman–Crippen LogP) is 4.09. The summed E-state index contributed by atoms with van der Waals surface area (Å²) in [7, 11) is 0. The molecule has 6 rings (SSSR count). The van der Waals surface area contributed by atoms with Crippen molar-refractivity contribution >= 4 is 17.5 Å². The first kappa shape index (κ1) is 15.4. The van der Waals surface area contributed by atoms with Gasteiger partial charge in [-0.25, -0.2) is 0 Å². The highest BCUT2D eigenvalue weighted by molar-refractivity contribution is 6.23. The van der Waals surface area contributed by atoms with Crippen LogP contribution in [-0.2, 0) is 9.59 Å². The summed E-state index contributed by atoms with van der Waals surface area (Å²) in [6.45, 7) is 1.99. The van der Waals surface area contributed by atoms with Crippen molar-refractivity contribution < 1.29 is 9.59 Å². The second-order valence-corrected chi connectivity index (χ2v) is 8.62. The van der Waals surface area contributed by atoms with E-state index in [0.29, 0.717) is 5.92 Å². The van der Waals surface area contributed by atoms with Gasteiger partial charge in [-0.1, -0.05) is 54.6 Å². The average molecular weight is 355 g/mol. The molecule has 2 aromatic rings. The number of nitrogens with zero attached hydrogens (tertiary/aromatic N) is 1. The van der Waals surface area contributed by atoms with Gasteiger partial charge >= 0.3 is 0 Å². The van der Waals surface area contributed by atoms with Gasteiger partial charge in [0.05, 0.1) is 17.5 Å². The molecule has 2 aromatic carbocycles. The molecule has 4 aliphatic rings. The van der Waals surface area contributed by atoms with Crippen LogP contribution < -0.4 is 4.90 Å². The highest BCUT2D eigenvalue weighted by Crippen LogP contribution is 2.79. The number of carbonyl (C=O) groups is 2. The minimum absolute atomic E-state index is 0.00513. The summed E-state index contributed by atoms with van der Waals surface area (Å²) < 4.78 is 0. The van der Waals surface area contributed by atoms with E-state index in [1.54, 1.807) is 0 Å². The first-order valence-electron chi connectivity index (χ1n) is 9.80. The normalized spacial score (nSPS) is 38.1. The van der Waals surface area contributed by atoms with E-state index in [-0.39, 0.29) is 40.9 Å². The molecule has 0 radical (unpaired) electrons. The highest BCUT2D eigenvalue weighted by atomic mass is 16.2. The molecule has 0 aromatic heterocycles. The molecule has 0 N–H and O–H groups in total. The molecule has 2 bridgehead atoms. The van der Waals surface area contributed by atoms with E-state index in [9.17, 15) is 9.59 Å². The molecule has 1 heterocycles. The van der Waals surface area contributed by atoms with Gasteiger partial charge in [0.2, 0.25) is 11.8 Å². The Hall–Kier alpha value is -2.68. The summed E-state index contributed by atoms with van der Waals surface area (Å²) in [4.78, 5) is 28.1. The standard InChI is InChI=1S/C24H21NO2/c1-14-6-5-9-16(12-14)25-22(26)20-17-10-11-18(21(20)23(25)27)24(17)13-19(24)15-7-3-2-4-8-15/h2-12,17-21H,13H2,1H3/t17-,18+,19-,20+,21+,24?/m1/s1. The molecule has 1 aliphatic heterocycles. The first-order chi connectivity index (χ1) is 13.1. The molecule has 3 fully saturated rings. The molecule has 3 heteroatoms. The van der Waals surface area contributed by atoms with Crippen LogP contribution >= 0.6 is 0 Å². The maximum Gasteiger partial charge on any atom is 0.238 e. The largest absolute Gasteiger partial charge is 0.274 e. The van der Waals surface area contributed by atoms with Crippen molar-refractivity contribution in [3.05, 3.63) is 77.9 Å². The van der Waals surface area contributed by atoms with E-state index >= 15 is 0 Å². The van der Waals surface area contributed by atoms with E-state index in [1.807, 2.05) is 37.3 Å². The third-order valence-corrected chi connectivity index (χ3v) is 7.45. The maximum absolute atomic E-state index is 13.3. The van der Waals surface area contributed by atoms with Gasteiger partial charge in [0.25, 0.3) is 0 Å². The zero-order valence-electron chi connectivity index (χ0n) is 15.2. The number of anilines is 1. The quantitative estimate of drug-likeness (QED) is 0.601. The monoisotopic (exact) mass is 355 g/mol. The van der Waals surface area contributed by atoms with Crippen LogP contribution in [0.15, 0.2) is 66.7 Å². The molecule has 6 atom stereocenters. The zero-order valence-corrected chi connectivity index (χ0v) is 15.2. The predicted molar refractivity (Wildman–Crippen MR) is 103 cm³/mol. The van der Waals surface area contributed by atoms with Crippen LogP contribution in [0.5, 0.6) is 0 Å². The van der Waals surface area contributed by atoms with Crippen molar-refractivity contribution in [3.8, 4) is 0 Å². The molecular weight excluding hydrogens is 334 g/mol. The Bertz CT molecular complexity index is 976. The molecule has 1 unspecified atom stereocenters. The van der Waals surface area contributed by atoms with Gasteiger partial charge in [0.15, 0.2) is 0 Å². The third-order valence-electron chi connectivity index (χ3n) is 7.45. The number of carbonyl (C=O) groups excluding carboxylic acids is 2. The number of allylic oxidation sites excluding steroid dienone is 2. The van der Waals surface area contributed by atoms with Crippen molar-refractivity contribution in [3.63, 3.8) is 0 Å². The molecule has 134 valence electrons. The Morgan fingerprint density at radius 1 is 0.889 bits per heavy atom. The van der Waals surface area contributed by atoms with Gasteiger partial charge in [0, 0.05) is 0 Å². The Morgan fingerprint density at radius 3 is 2.19 bits per heavy atom. The summed E-state index contributed by atoms with van der Waals surface area (Å²) in [6.07, 6.45) is 5.57. The van der Waals surface area contributed by atoms with Crippen LogP contribution in [-0.4, -0.2) is 11.8 Å². The van der Waals surface area contributed by atoms with E-state index in [2.05, 4.69) is 36.4 Å². The fourth-order valence-corrected chi connectivity index (χ4v) is 6.36. The number of amides is 2. The van der Waals surface area contributed by atoms with Crippen molar-refractivity contribution in [2.75, 3.05) is 4.90 Å². The smallest absolute Gasteiger partial charge is 0.238 e. The van der Waals surface area contributed by atoms with Crippen molar-refractivity contribution in [2.45, 2.75) is 19.3 Å². The average Bonchev–Trinajstić information content (AvgIpc) is 3.15. The van der Waals surface area contributed by atoms with Crippen molar-refractivity contribution in [1.82, 2.24) is 0 Å². The van der Waals surface area contributed by atoms with Crippen LogP contribution in [0.3, 0.4) is 0 Å². The van der Waals surface area contributed by atoms with Crippen molar-refractivity contribution in [2.24, 2.45) is 29.1 Å². The Morgan fingerprint density at radius 2 is 1.56 bits per heavy atom. The summed E-state index contributed by atoms with van der Waals surface area (Å²) in [5.41, 5.74) is 3.24. The van der Waals surface area contributed by atoms with E-state index < -0.39 is 0 Å². The van der Waals surface area contributed by atoms with Crippen LogP contribution in [0.2, 0.25) is 0 Å². The van der Waals surface area contributed by atoms with Crippen LogP contribution in [0.4, 0.5) is 5.69 Å². The summed E-state index contributed by atoms with van der Waals surface area (Å²) >= 11 is 0. The molecule has 27 heavy (non-hydrogen) atoms. The summed E-state index contributed by atoms with van der Waals surface area (Å²) in [5, 5.41) is 0. The number of aryl methyl sites for hydroxylation is 1. The molecular formula is C24H21NO2. The Balaban J connectivity index is 1.37. The van der Waals surface area contributed by atoms with Gasteiger partial charge in [-0.3, -0.25) is 14.5 Å². The number of benzene rings is 2. The lowest BCUT2D eigenvalue weighted by molar-refractivity contribution is -0.123. The highest BCUT2D eigenvalue weighted by Gasteiger charge is 2.77. The minimum Gasteiger partial charge on any atom is -0.274 e. The first-order valence-corrected chi connectivity index (χ1v) is 9.80. The molecule has 3 aliphatic carbocycles. The maximum atomic E-state index is 13.3. The van der Waals surface area contributed by atoms with E-state index in [4.69, 9.17) is 0 Å². The van der Waals surface area contributed by atoms with Gasteiger partial charge in [0.1, 0.15) is 0 Å². The lowest BCUT2D eigenvalue weighted by atomic mass is 9.85. The number of hydrogen-bond acceptors (Lipinski definition) is 2.